The number of guanidine groups is 1. The minimum Gasteiger partial charge on any atom is -0.357 e. The summed E-state index contributed by atoms with van der Waals surface area (Å²) in [6.07, 6.45) is 2.55. The van der Waals surface area contributed by atoms with Gasteiger partial charge in [0, 0.05) is 19.6 Å². The van der Waals surface area contributed by atoms with Crippen molar-refractivity contribution in [2.75, 3.05) is 19.6 Å². The standard InChI is InChI=1S/C15H23F2N3.HI/c1-3-5-10-19-15(18-4-2)20-11-9-12-7-6-8-13(16)14(12)17;/h6-8H,3-5,9-11H2,1-2H3,(H2,18,19,20);1H. The topological polar surface area (TPSA) is 36.4 Å². The molecule has 0 aliphatic heterocycles. The third-order valence-corrected chi connectivity index (χ3v) is 2.84. The summed E-state index contributed by atoms with van der Waals surface area (Å²) in [5.41, 5.74) is 0.377. The molecule has 0 aromatic heterocycles. The van der Waals surface area contributed by atoms with Crippen molar-refractivity contribution in [1.29, 1.82) is 0 Å². The molecule has 0 radical (unpaired) electrons. The number of hydrogen-bond acceptors (Lipinski definition) is 1. The van der Waals surface area contributed by atoms with E-state index in [1.807, 2.05) is 6.92 Å². The first kappa shape index (κ1) is 20.1. The second-order valence-electron chi connectivity index (χ2n) is 4.50. The molecule has 0 fully saturated rings. The Morgan fingerprint density at radius 3 is 2.62 bits per heavy atom. The van der Waals surface area contributed by atoms with Crippen LogP contribution in [0.1, 0.15) is 32.3 Å². The Hall–Kier alpha value is -0.920. The summed E-state index contributed by atoms with van der Waals surface area (Å²) < 4.78 is 26.5. The maximum atomic E-state index is 13.5. The van der Waals surface area contributed by atoms with E-state index >= 15 is 0 Å². The largest absolute Gasteiger partial charge is 0.357 e. The van der Waals surface area contributed by atoms with Crippen LogP contribution in [0.4, 0.5) is 8.78 Å². The molecule has 0 saturated carbocycles. The monoisotopic (exact) mass is 411 g/mol. The third-order valence-electron chi connectivity index (χ3n) is 2.84. The minimum absolute atomic E-state index is 0. The fourth-order valence-electron chi connectivity index (χ4n) is 1.75. The number of nitrogens with one attached hydrogen (secondary N) is 2. The summed E-state index contributed by atoms with van der Waals surface area (Å²) in [7, 11) is 0. The molecule has 0 unspecified atom stereocenters. The molecule has 21 heavy (non-hydrogen) atoms. The smallest absolute Gasteiger partial charge is 0.191 e. The molecule has 1 rings (SSSR count). The molecular formula is C15H24F2IN3. The number of aliphatic imine (C=N–C) groups is 1. The van der Waals surface area contributed by atoms with E-state index in [-0.39, 0.29) is 24.0 Å². The Kier molecular flexibility index (Phi) is 11.2. The summed E-state index contributed by atoms with van der Waals surface area (Å²) >= 11 is 0. The van der Waals surface area contributed by atoms with Gasteiger partial charge < -0.3 is 10.6 Å². The Labute approximate surface area is 142 Å². The van der Waals surface area contributed by atoms with Crippen molar-refractivity contribution in [1.82, 2.24) is 10.6 Å². The van der Waals surface area contributed by atoms with E-state index in [4.69, 9.17) is 0 Å². The van der Waals surface area contributed by atoms with Crippen LogP contribution < -0.4 is 10.6 Å². The van der Waals surface area contributed by atoms with Gasteiger partial charge in [0.1, 0.15) is 0 Å². The van der Waals surface area contributed by atoms with Crippen molar-refractivity contribution in [3.63, 3.8) is 0 Å². The van der Waals surface area contributed by atoms with E-state index in [0.29, 0.717) is 18.5 Å². The number of halogens is 3. The van der Waals surface area contributed by atoms with Gasteiger partial charge in [-0.2, -0.15) is 0 Å². The van der Waals surface area contributed by atoms with Crippen LogP contribution >= 0.6 is 24.0 Å². The number of unbranched alkanes of at least 4 members (excludes halogenated alkanes) is 1. The molecule has 6 heteroatoms. The fourth-order valence-corrected chi connectivity index (χ4v) is 1.75. The van der Waals surface area contributed by atoms with Crippen LogP contribution in [0.15, 0.2) is 23.2 Å². The average molecular weight is 411 g/mol. The van der Waals surface area contributed by atoms with Gasteiger partial charge in [0.15, 0.2) is 17.6 Å². The number of benzene rings is 1. The molecule has 0 saturated heterocycles. The van der Waals surface area contributed by atoms with Gasteiger partial charge in [0.2, 0.25) is 0 Å². The number of nitrogens with zero attached hydrogens (tertiary/aromatic N) is 1. The Morgan fingerprint density at radius 1 is 1.19 bits per heavy atom. The highest BCUT2D eigenvalue weighted by Gasteiger charge is 2.07. The van der Waals surface area contributed by atoms with Crippen LogP contribution in [0.25, 0.3) is 0 Å². The van der Waals surface area contributed by atoms with Gasteiger partial charge in [-0.05, 0) is 31.4 Å². The van der Waals surface area contributed by atoms with E-state index in [9.17, 15) is 8.78 Å². The van der Waals surface area contributed by atoms with Crippen molar-refractivity contribution in [3.8, 4) is 0 Å². The lowest BCUT2D eigenvalue weighted by atomic mass is 10.1. The van der Waals surface area contributed by atoms with E-state index in [0.717, 1.165) is 38.0 Å². The second-order valence-corrected chi connectivity index (χ2v) is 4.50. The molecule has 0 aliphatic carbocycles. The minimum atomic E-state index is -0.800. The van der Waals surface area contributed by atoms with E-state index in [1.54, 1.807) is 6.07 Å². The van der Waals surface area contributed by atoms with E-state index in [1.165, 1.54) is 6.07 Å². The highest BCUT2D eigenvalue weighted by atomic mass is 127. The molecule has 0 bridgehead atoms. The van der Waals surface area contributed by atoms with Crippen molar-refractivity contribution in [2.24, 2.45) is 4.99 Å². The van der Waals surface area contributed by atoms with Crippen LogP contribution in [0, 0.1) is 11.6 Å². The van der Waals surface area contributed by atoms with Crippen LogP contribution in [0.5, 0.6) is 0 Å². The maximum absolute atomic E-state index is 13.5. The molecule has 2 N–H and O–H groups in total. The lowest BCUT2D eigenvalue weighted by Gasteiger charge is -2.11. The highest BCUT2D eigenvalue weighted by molar-refractivity contribution is 14.0. The van der Waals surface area contributed by atoms with Gasteiger partial charge >= 0.3 is 0 Å². The number of rotatable bonds is 7. The fraction of sp³-hybridized carbons (Fsp3) is 0.533. The molecule has 3 nitrogen and oxygen atoms in total. The molecule has 0 spiro atoms. The SMILES string of the molecule is CCCCN=C(NCC)NCCc1cccc(F)c1F.I. The molecule has 120 valence electrons. The van der Waals surface area contributed by atoms with Crippen molar-refractivity contribution in [2.45, 2.75) is 33.1 Å². The van der Waals surface area contributed by atoms with Crippen LogP contribution in [-0.2, 0) is 6.42 Å². The Bertz CT molecular complexity index is 439. The third kappa shape index (κ3) is 7.59. The summed E-state index contributed by atoms with van der Waals surface area (Å²) in [5.74, 6) is -0.842. The van der Waals surface area contributed by atoms with Gasteiger partial charge in [-0.3, -0.25) is 4.99 Å². The van der Waals surface area contributed by atoms with Crippen LogP contribution in [-0.4, -0.2) is 25.6 Å². The zero-order valence-corrected chi connectivity index (χ0v) is 14.9. The average Bonchev–Trinajstić information content (AvgIpc) is 2.44. The Morgan fingerprint density at radius 2 is 1.95 bits per heavy atom. The molecular weight excluding hydrogens is 387 g/mol. The quantitative estimate of drug-likeness (QED) is 0.312. The second kappa shape index (κ2) is 11.7. The maximum Gasteiger partial charge on any atom is 0.191 e. The molecule has 1 aromatic rings. The van der Waals surface area contributed by atoms with Crippen LogP contribution in [0.3, 0.4) is 0 Å². The first-order chi connectivity index (χ1) is 9.69. The number of hydrogen-bond donors (Lipinski definition) is 2. The highest BCUT2D eigenvalue weighted by Crippen LogP contribution is 2.11. The summed E-state index contributed by atoms with van der Waals surface area (Å²) in [6.45, 7) is 6.15. The lowest BCUT2D eigenvalue weighted by Crippen LogP contribution is -2.38. The van der Waals surface area contributed by atoms with E-state index < -0.39 is 11.6 Å². The predicted molar refractivity (Wildman–Crippen MR) is 94.4 cm³/mol. The Balaban J connectivity index is 0.00000400. The zero-order valence-electron chi connectivity index (χ0n) is 12.6. The van der Waals surface area contributed by atoms with Gasteiger partial charge in [-0.1, -0.05) is 25.5 Å². The molecule has 0 aliphatic rings. The van der Waals surface area contributed by atoms with Crippen LogP contribution in [0.2, 0.25) is 0 Å². The van der Waals surface area contributed by atoms with Gasteiger partial charge in [-0.25, -0.2) is 8.78 Å². The zero-order chi connectivity index (χ0) is 14.8. The molecule has 1 aromatic carbocycles. The van der Waals surface area contributed by atoms with Gasteiger partial charge in [-0.15, -0.1) is 24.0 Å². The summed E-state index contributed by atoms with van der Waals surface area (Å²) in [5, 5.41) is 6.25. The van der Waals surface area contributed by atoms with Gasteiger partial charge in [0.05, 0.1) is 0 Å². The lowest BCUT2D eigenvalue weighted by molar-refractivity contribution is 0.498. The van der Waals surface area contributed by atoms with E-state index in [2.05, 4.69) is 22.5 Å². The predicted octanol–water partition coefficient (Wildman–Crippen LogP) is 3.48. The summed E-state index contributed by atoms with van der Waals surface area (Å²) in [4.78, 5) is 4.40. The van der Waals surface area contributed by atoms with Crippen molar-refractivity contribution in [3.05, 3.63) is 35.4 Å². The molecule has 0 atom stereocenters. The first-order valence-electron chi connectivity index (χ1n) is 7.14. The normalized spacial score (nSPS) is 11.0. The van der Waals surface area contributed by atoms with Crippen molar-refractivity contribution >= 4 is 29.9 Å². The van der Waals surface area contributed by atoms with Gasteiger partial charge in [0.25, 0.3) is 0 Å². The summed E-state index contributed by atoms with van der Waals surface area (Å²) in [6, 6.07) is 4.25. The van der Waals surface area contributed by atoms with Crippen molar-refractivity contribution < 1.29 is 8.78 Å². The molecule has 0 amide bonds. The molecule has 0 heterocycles. The first-order valence-corrected chi connectivity index (χ1v) is 7.14.